The maximum atomic E-state index is 13.5. The van der Waals surface area contributed by atoms with Crippen molar-refractivity contribution in [1.82, 2.24) is 9.88 Å². The molecule has 2 aromatic rings. The molecule has 11 heteroatoms. The van der Waals surface area contributed by atoms with Gasteiger partial charge in [0.15, 0.2) is 5.58 Å². The lowest BCUT2D eigenvalue weighted by Crippen LogP contribution is -2.56. The molecular formula is C19H20BrClF3N3O3. The number of anilines is 1. The monoisotopic (exact) mass is 509 g/mol. The topological polar surface area (TPSA) is 58.8 Å². The molecule has 0 N–H and O–H groups in total. The number of nitrogens with zero attached hydrogens (tertiary/aromatic N) is 3. The molecule has 0 aliphatic carbocycles. The molecule has 1 amide bonds. The molecule has 6 nitrogen and oxygen atoms in total. The second-order valence-corrected chi connectivity index (χ2v) is 9.83. The van der Waals surface area contributed by atoms with Crippen LogP contribution >= 0.6 is 27.5 Å². The number of carbonyl (C=O) groups is 1. The molecule has 2 fully saturated rings. The van der Waals surface area contributed by atoms with Crippen LogP contribution in [0.3, 0.4) is 0 Å². The van der Waals surface area contributed by atoms with Gasteiger partial charge in [0.25, 0.3) is 6.01 Å². The van der Waals surface area contributed by atoms with Crippen LogP contribution in [0.5, 0.6) is 0 Å². The number of carbonyl (C=O) groups excluding carboxylic acids is 1. The lowest BCUT2D eigenvalue weighted by Gasteiger charge is -2.40. The van der Waals surface area contributed by atoms with Gasteiger partial charge in [0.1, 0.15) is 16.7 Å². The maximum absolute atomic E-state index is 13.5. The normalized spacial score (nSPS) is 22.1. The first kappa shape index (κ1) is 21.5. The van der Waals surface area contributed by atoms with Crippen LogP contribution in [0.25, 0.3) is 11.1 Å². The number of hydrogen-bond donors (Lipinski definition) is 0. The third-order valence-corrected chi connectivity index (χ3v) is 6.09. The summed E-state index contributed by atoms with van der Waals surface area (Å²) in [5.41, 5.74) is -1.97. The number of halogens is 5. The smallest absolute Gasteiger partial charge is 0.420 e. The number of hydrogen-bond acceptors (Lipinski definition) is 5. The predicted octanol–water partition coefficient (Wildman–Crippen LogP) is 5.85. The van der Waals surface area contributed by atoms with Crippen LogP contribution in [-0.2, 0) is 10.9 Å². The van der Waals surface area contributed by atoms with Gasteiger partial charge in [-0.15, -0.1) is 0 Å². The van der Waals surface area contributed by atoms with Gasteiger partial charge in [-0.05, 0) is 55.6 Å². The average molecular weight is 511 g/mol. The third kappa shape index (κ3) is 3.84. The van der Waals surface area contributed by atoms with Gasteiger partial charge in [-0.25, -0.2) is 4.79 Å². The standard InChI is InChI=1S/C19H20BrClF3N3O3/c1-18(2,3)30-17(28)27-9-4-5-10(27)8-26(7-9)16-25-14-13(19(22,23)24)12(21)6-11(20)15(14)29-16/h6,9-10H,4-5,7-8H2,1-3H3. The minimum absolute atomic E-state index is 0.0105. The summed E-state index contributed by atoms with van der Waals surface area (Å²) >= 11 is 9.05. The lowest BCUT2D eigenvalue weighted by molar-refractivity contribution is -0.136. The van der Waals surface area contributed by atoms with Gasteiger partial charge in [-0.1, -0.05) is 11.6 Å². The summed E-state index contributed by atoms with van der Waals surface area (Å²) in [5, 5.41) is -0.448. The van der Waals surface area contributed by atoms with Crippen LogP contribution in [0, 0.1) is 0 Å². The summed E-state index contributed by atoms with van der Waals surface area (Å²) in [7, 11) is 0. The molecule has 2 atom stereocenters. The molecule has 1 aromatic carbocycles. The van der Waals surface area contributed by atoms with Crippen molar-refractivity contribution in [2.75, 3.05) is 18.0 Å². The first-order chi connectivity index (χ1) is 13.8. The van der Waals surface area contributed by atoms with Crippen LogP contribution in [0.1, 0.15) is 39.2 Å². The zero-order valence-electron chi connectivity index (χ0n) is 16.5. The SMILES string of the molecule is CC(C)(C)OC(=O)N1C2CCC1CN(c1nc3c(C(F)(F)F)c(Cl)cc(Br)c3o1)C2. The van der Waals surface area contributed by atoms with Crippen LogP contribution in [0.4, 0.5) is 24.0 Å². The summed E-state index contributed by atoms with van der Waals surface area (Å²) in [6.45, 7) is 6.22. The van der Waals surface area contributed by atoms with Crippen molar-refractivity contribution in [2.24, 2.45) is 0 Å². The van der Waals surface area contributed by atoms with E-state index < -0.39 is 22.4 Å². The molecule has 164 valence electrons. The minimum Gasteiger partial charge on any atom is -0.444 e. The zero-order chi connectivity index (χ0) is 22.0. The van der Waals surface area contributed by atoms with Crippen molar-refractivity contribution in [3.63, 3.8) is 0 Å². The summed E-state index contributed by atoms with van der Waals surface area (Å²) in [4.78, 5) is 20.3. The van der Waals surface area contributed by atoms with Gasteiger partial charge < -0.3 is 14.1 Å². The maximum Gasteiger partial charge on any atom is 0.420 e. The summed E-state index contributed by atoms with van der Waals surface area (Å²) in [6, 6.07) is 0.996. The molecule has 0 radical (unpaired) electrons. The molecule has 4 rings (SSSR count). The molecule has 1 aromatic heterocycles. The largest absolute Gasteiger partial charge is 0.444 e. The molecular weight excluding hydrogens is 491 g/mol. The number of benzene rings is 1. The molecule has 2 unspecified atom stereocenters. The highest BCUT2D eigenvalue weighted by atomic mass is 79.9. The number of oxazole rings is 1. The van der Waals surface area contributed by atoms with E-state index in [-0.39, 0.29) is 35.3 Å². The van der Waals surface area contributed by atoms with Gasteiger partial charge in [0.05, 0.1) is 21.6 Å². The Bertz CT molecular complexity index is 991. The highest BCUT2D eigenvalue weighted by molar-refractivity contribution is 9.10. The lowest BCUT2D eigenvalue weighted by atomic mass is 10.2. The van der Waals surface area contributed by atoms with E-state index in [1.165, 1.54) is 0 Å². The second kappa shape index (κ2) is 7.19. The molecule has 30 heavy (non-hydrogen) atoms. The second-order valence-electron chi connectivity index (χ2n) is 8.56. The number of alkyl halides is 3. The van der Waals surface area contributed by atoms with E-state index >= 15 is 0 Å². The molecule has 2 aliphatic rings. The number of amides is 1. The van der Waals surface area contributed by atoms with E-state index in [0.717, 1.165) is 18.9 Å². The van der Waals surface area contributed by atoms with Crippen molar-refractivity contribution in [2.45, 2.75) is 57.5 Å². The molecule has 2 saturated heterocycles. The highest BCUT2D eigenvalue weighted by Gasteiger charge is 2.46. The number of rotatable bonds is 1. The van der Waals surface area contributed by atoms with Gasteiger partial charge in [-0.3, -0.25) is 4.90 Å². The van der Waals surface area contributed by atoms with Crippen LogP contribution in [0.2, 0.25) is 5.02 Å². The van der Waals surface area contributed by atoms with Crippen molar-refractivity contribution >= 4 is 50.7 Å². The highest BCUT2D eigenvalue weighted by Crippen LogP contribution is 2.44. The Hall–Kier alpha value is -1.68. The van der Waals surface area contributed by atoms with Crippen LogP contribution in [0.15, 0.2) is 15.0 Å². The molecule has 3 heterocycles. The molecule has 0 spiro atoms. The Kier molecular flexibility index (Phi) is 5.16. The Labute approximate surface area is 184 Å². The van der Waals surface area contributed by atoms with Crippen LogP contribution in [-0.4, -0.2) is 46.8 Å². The first-order valence-corrected chi connectivity index (χ1v) is 10.6. The van der Waals surface area contributed by atoms with E-state index in [0.29, 0.717) is 17.6 Å². The minimum atomic E-state index is -4.67. The molecule has 0 saturated carbocycles. The van der Waals surface area contributed by atoms with E-state index in [4.69, 9.17) is 20.8 Å². The third-order valence-electron chi connectivity index (χ3n) is 5.20. The first-order valence-electron chi connectivity index (χ1n) is 9.47. The van der Waals surface area contributed by atoms with Gasteiger partial charge in [0, 0.05) is 13.1 Å². The number of fused-ring (bicyclic) bond motifs is 3. The van der Waals surface area contributed by atoms with Gasteiger partial charge >= 0.3 is 12.3 Å². The predicted molar refractivity (Wildman–Crippen MR) is 109 cm³/mol. The van der Waals surface area contributed by atoms with Crippen molar-refractivity contribution < 1.29 is 27.1 Å². The number of piperazine rings is 1. The van der Waals surface area contributed by atoms with Crippen molar-refractivity contribution in [3.8, 4) is 0 Å². The Balaban J connectivity index is 1.64. The van der Waals surface area contributed by atoms with E-state index in [1.54, 1.807) is 9.80 Å². The fourth-order valence-corrected chi connectivity index (χ4v) is 5.01. The van der Waals surface area contributed by atoms with Gasteiger partial charge in [-0.2, -0.15) is 18.2 Å². The number of ether oxygens (including phenoxy) is 1. The molecule has 2 aliphatic heterocycles. The summed E-state index contributed by atoms with van der Waals surface area (Å²) in [6.07, 6.45) is -3.48. The average Bonchev–Trinajstić information content (AvgIpc) is 3.11. The number of aromatic nitrogens is 1. The Morgan fingerprint density at radius 2 is 1.87 bits per heavy atom. The van der Waals surface area contributed by atoms with Crippen LogP contribution < -0.4 is 4.90 Å². The van der Waals surface area contributed by atoms with E-state index in [9.17, 15) is 18.0 Å². The molecule has 2 bridgehead atoms. The van der Waals surface area contributed by atoms with Crippen molar-refractivity contribution in [3.05, 3.63) is 21.1 Å². The zero-order valence-corrected chi connectivity index (χ0v) is 18.9. The quantitative estimate of drug-likeness (QED) is 0.482. The van der Waals surface area contributed by atoms with Crippen molar-refractivity contribution in [1.29, 1.82) is 0 Å². The van der Waals surface area contributed by atoms with E-state index in [2.05, 4.69) is 20.9 Å². The van der Waals surface area contributed by atoms with E-state index in [1.807, 2.05) is 20.8 Å². The summed E-state index contributed by atoms with van der Waals surface area (Å²) in [5.74, 6) is 0. The van der Waals surface area contributed by atoms with Gasteiger partial charge in [0.2, 0.25) is 0 Å². The fourth-order valence-electron chi connectivity index (χ4n) is 4.08. The Morgan fingerprint density at radius 3 is 2.40 bits per heavy atom. The Morgan fingerprint density at radius 1 is 1.27 bits per heavy atom. The summed E-state index contributed by atoms with van der Waals surface area (Å²) < 4.78 is 52.1. The fraction of sp³-hybridized carbons (Fsp3) is 0.579.